The second-order valence-corrected chi connectivity index (χ2v) is 11.3. The number of para-hydroxylation sites is 1. The highest BCUT2D eigenvalue weighted by Crippen LogP contribution is 2.28. The molecule has 0 atom stereocenters. The van der Waals surface area contributed by atoms with Crippen molar-refractivity contribution in [3.05, 3.63) is 89.7 Å². The number of nitrogens with zero attached hydrogens (tertiary/aromatic N) is 4. The van der Waals surface area contributed by atoms with Crippen LogP contribution in [-0.4, -0.2) is 74.5 Å². The number of piperazine rings is 1. The van der Waals surface area contributed by atoms with E-state index >= 15 is 0 Å². The predicted octanol–water partition coefficient (Wildman–Crippen LogP) is 3.58. The first-order valence-electron chi connectivity index (χ1n) is 12.6. The minimum absolute atomic E-state index is 0.141. The van der Waals surface area contributed by atoms with E-state index in [1.807, 2.05) is 24.3 Å². The van der Waals surface area contributed by atoms with E-state index in [0.29, 0.717) is 61.0 Å². The first-order valence-corrected chi connectivity index (χ1v) is 14.3. The van der Waals surface area contributed by atoms with Gasteiger partial charge in [0, 0.05) is 56.1 Å². The molecule has 3 heterocycles. The van der Waals surface area contributed by atoms with Crippen molar-refractivity contribution in [3.63, 3.8) is 0 Å². The van der Waals surface area contributed by atoms with E-state index in [2.05, 4.69) is 14.9 Å². The van der Waals surface area contributed by atoms with Gasteiger partial charge in [-0.1, -0.05) is 30.3 Å². The third-order valence-corrected chi connectivity index (χ3v) is 8.59. The number of hydrogen-bond acceptors (Lipinski definition) is 8. The van der Waals surface area contributed by atoms with Crippen molar-refractivity contribution in [1.82, 2.24) is 19.8 Å². The zero-order valence-electron chi connectivity index (χ0n) is 21.9. The molecule has 1 aliphatic rings. The van der Waals surface area contributed by atoms with E-state index in [9.17, 15) is 13.2 Å². The molecule has 1 aliphatic heterocycles. The van der Waals surface area contributed by atoms with Gasteiger partial charge in [0.25, 0.3) is 5.91 Å². The van der Waals surface area contributed by atoms with Crippen LogP contribution < -0.4 is 9.47 Å². The molecule has 0 radical (unpaired) electrons. The van der Waals surface area contributed by atoms with E-state index in [-0.39, 0.29) is 16.6 Å². The van der Waals surface area contributed by atoms with Gasteiger partial charge in [-0.25, -0.2) is 13.4 Å². The van der Waals surface area contributed by atoms with Crippen molar-refractivity contribution < 1.29 is 22.7 Å². The molecule has 10 heteroatoms. The summed E-state index contributed by atoms with van der Waals surface area (Å²) in [4.78, 5) is 26.2. The smallest absolute Gasteiger partial charge is 0.257 e. The fourth-order valence-electron chi connectivity index (χ4n) is 4.88. The minimum atomic E-state index is -3.69. The number of sulfone groups is 1. The molecular weight excluding hydrogens is 516 g/mol. The van der Waals surface area contributed by atoms with Crippen LogP contribution in [0.5, 0.6) is 11.6 Å². The fraction of sp³-hybridized carbons (Fsp3) is 0.276. The van der Waals surface area contributed by atoms with E-state index in [1.54, 1.807) is 60.8 Å². The molecule has 4 aromatic rings. The number of methoxy groups -OCH3 is 2. The summed E-state index contributed by atoms with van der Waals surface area (Å²) in [5.74, 6) is 0.591. The summed E-state index contributed by atoms with van der Waals surface area (Å²) in [6.45, 7) is 3.24. The second-order valence-electron chi connectivity index (χ2n) is 9.37. The molecule has 2 aromatic heterocycles. The summed E-state index contributed by atoms with van der Waals surface area (Å²) in [6, 6.07) is 17.6. The molecule has 1 saturated heterocycles. The van der Waals surface area contributed by atoms with Crippen LogP contribution in [0.4, 0.5) is 0 Å². The molecule has 0 unspecified atom stereocenters. The monoisotopic (exact) mass is 546 g/mol. The molecule has 0 bridgehead atoms. The van der Waals surface area contributed by atoms with Crippen molar-refractivity contribution >= 4 is 26.6 Å². The third-order valence-electron chi connectivity index (χ3n) is 6.88. The van der Waals surface area contributed by atoms with E-state index in [1.165, 1.54) is 7.11 Å². The molecule has 1 fully saturated rings. The van der Waals surface area contributed by atoms with Crippen LogP contribution in [0.1, 0.15) is 21.5 Å². The Balaban J connectivity index is 1.28. The molecule has 39 heavy (non-hydrogen) atoms. The van der Waals surface area contributed by atoms with Crippen LogP contribution in [0.2, 0.25) is 0 Å². The normalized spacial score (nSPS) is 14.4. The number of amides is 1. The minimum Gasteiger partial charge on any atom is -0.496 e. The lowest BCUT2D eigenvalue weighted by Gasteiger charge is -2.35. The Bertz CT molecular complexity index is 1600. The maximum absolute atomic E-state index is 13.4. The van der Waals surface area contributed by atoms with Crippen LogP contribution in [0.15, 0.2) is 78.0 Å². The number of pyridine rings is 2. The third kappa shape index (κ3) is 5.71. The molecule has 5 rings (SSSR count). The summed E-state index contributed by atoms with van der Waals surface area (Å²) in [5.41, 5.74) is 2.39. The Morgan fingerprint density at radius 2 is 1.64 bits per heavy atom. The van der Waals surface area contributed by atoms with Crippen LogP contribution in [0.3, 0.4) is 0 Å². The van der Waals surface area contributed by atoms with Gasteiger partial charge in [0.15, 0.2) is 9.84 Å². The highest BCUT2D eigenvalue weighted by atomic mass is 32.2. The average Bonchev–Trinajstić information content (AvgIpc) is 2.97. The maximum atomic E-state index is 13.4. The highest BCUT2D eigenvalue weighted by molar-refractivity contribution is 7.90. The fourth-order valence-corrected chi connectivity index (χ4v) is 6.40. The van der Waals surface area contributed by atoms with Gasteiger partial charge in [0.05, 0.1) is 35.9 Å². The van der Waals surface area contributed by atoms with Gasteiger partial charge in [-0.05, 0) is 35.9 Å². The standard InChI is InChI=1S/C29H30N4O5S/c1-37-25-18-21(20-39(35,36)26-9-3-6-22-7-4-12-30-27(22)26)10-11-24(25)29(34)33-16-14-32(15-17-33)19-23-8-5-13-31-28(23)38-2/h3-13,18H,14-17,19-20H2,1-2H3. The Morgan fingerprint density at radius 3 is 2.41 bits per heavy atom. The molecule has 0 N–H and O–H groups in total. The Morgan fingerprint density at radius 1 is 0.897 bits per heavy atom. The number of aromatic nitrogens is 2. The van der Waals surface area contributed by atoms with Gasteiger partial charge in [-0.15, -0.1) is 0 Å². The number of benzene rings is 2. The SMILES string of the molecule is COc1cc(CS(=O)(=O)c2cccc3cccnc23)ccc1C(=O)N1CCN(Cc2cccnc2OC)CC1. The highest BCUT2D eigenvalue weighted by Gasteiger charge is 2.26. The van der Waals surface area contributed by atoms with Gasteiger partial charge in [0.1, 0.15) is 5.75 Å². The molecule has 0 spiro atoms. The molecule has 2 aromatic carbocycles. The maximum Gasteiger partial charge on any atom is 0.257 e. The van der Waals surface area contributed by atoms with Crippen molar-refractivity contribution in [2.75, 3.05) is 40.4 Å². The molecular formula is C29H30N4O5S. The van der Waals surface area contributed by atoms with Crippen LogP contribution in [0, 0.1) is 0 Å². The zero-order chi connectivity index (χ0) is 27.4. The Labute approximate surface area is 227 Å². The lowest BCUT2D eigenvalue weighted by atomic mass is 10.1. The summed E-state index contributed by atoms with van der Waals surface area (Å²) in [6.07, 6.45) is 3.29. The summed E-state index contributed by atoms with van der Waals surface area (Å²) in [5, 5.41) is 0.761. The Hall–Kier alpha value is -4.02. The van der Waals surface area contributed by atoms with E-state index in [4.69, 9.17) is 9.47 Å². The molecule has 0 saturated carbocycles. The zero-order valence-corrected chi connectivity index (χ0v) is 22.7. The predicted molar refractivity (Wildman–Crippen MR) is 148 cm³/mol. The summed E-state index contributed by atoms with van der Waals surface area (Å²) >= 11 is 0. The number of hydrogen-bond donors (Lipinski definition) is 0. The van der Waals surface area contributed by atoms with Gasteiger partial charge >= 0.3 is 0 Å². The number of ether oxygens (including phenoxy) is 2. The first-order chi connectivity index (χ1) is 18.9. The number of carbonyl (C=O) groups excluding carboxylic acids is 1. The van der Waals surface area contributed by atoms with Crippen molar-refractivity contribution in [2.24, 2.45) is 0 Å². The number of fused-ring (bicyclic) bond motifs is 1. The van der Waals surface area contributed by atoms with Crippen LogP contribution in [0.25, 0.3) is 10.9 Å². The van der Waals surface area contributed by atoms with Crippen molar-refractivity contribution in [2.45, 2.75) is 17.2 Å². The van der Waals surface area contributed by atoms with Crippen molar-refractivity contribution in [3.8, 4) is 11.6 Å². The van der Waals surface area contributed by atoms with Crippen LogP contribution >= 0.6 is 0 Å². The van der Waals surface area contributed by atoms with Crippen LogP contribution in [-0.2, 0) is 22.1 Å². The largest absolute Gasteiger partial charge is 0.496 e. The van der Waals surface area contributed by atoms with Gasteiger partial charge in [-0.2, -0.15) is 0 Å². The molecule has 9 nitrogen and oxygen atoms in total. The lowest BCUT2D eigenvalue weighted by molar-refractivity contribution is 0.0624. The second kappa shape index (κ2) is 11.4. The average molecular weight is 547 g/mol. The van der Waals surface area contributed by atoms with E-state index < -0.39 is 9.84 Å². The van der Waals surface area contributed by atoms with Gasteiger partial charge in [-0.3, -0.25) is 14.7 Å². The van der Waals surface area contributed by atoms with E-state index in [0.717, 1.165) is 10.9 Å². The molecule has 1 amide bonds. The number of carbonyl (C=O) groups is 1. The number of rotatable bonds is 8. The first kappa shape index (κ1) is 26.6. The topological polar surface area (TPSA) is 102 Å². The summed E-state index contributed by atoms with van der Waals surface area (Å²) in [7, 11) is -0.595. The van der Waals surface area contributed by atoms with Gasteiger partial charge < -0.3 is 14.4 Å². The lowest BCUT2D eigenvalue weighted by Crippen LogP contribution is -2.48. The van der Waals surface area contributed by atoms with Crippen molar-refractivity contribution in [1.29, 1.82) is 0 Å². The molecule has 202 valence electrons. The Kier molecular flexibility index (Phi) is 7.76. The molecule has 0 aliphatic carbocycles. The van der Waals surface area contributed by atoms with Gasteiger partial charge in [0.2, 0.25) is 5.88 Å². The quantitative estimate of drug-likeness (QED) is 0.331. The summed E-state index contributed by atoms with van der Waals surface area (Å²) < 4.78 is 37.5.